The zero-order chi connectivity index (χ0) is 15.0. The van der Waals surface area contributed by atoms with Crippen LogP contribution < -0.4 is 4.74 Å². The van der Waals surface area contributed by atoms with E-state index < -0.39 is 5.72 Å². The van der Waals surface area contributed by atoms with Gasteiger partial charge in [-0.3, -0.25) is 9.69 Å². The van der Waals surface area contributed by atoms with Gasteiger partial charge in [0.1, 0.15) is 5.75 Å². The van der Waals surface area contributed by atoms with Gasteiger partial charge in [0, 0.05) is 22.9 Å². The summed E-state index contributed by atoms with van der Waals surface area (Å²) < 4.78 is 5.13. The van der Waals surface area contributed by atoms with Gasteiger partial charge in [-0.05, 0) is 18.2 Å². The molecule has 4 heteroatoms. The molecule has 1 unspecified atom stereocenters. The second-order valence-corrected chi connectivity index (χ2v) is 4.80. The highest BCUT2D eigenvalue weighted by atomic mass is 16.5. The van der Waals surface area contributed by atoms with Crippen molar-refractivity contribution in [3.63, 3.8) is 0 Å². The highest BCUT2D eigenvalue weighted by Gasteiger charge is 2.48. The van der Waals surface area contributed by atoms with Crippen molar-refractivity contribution < 1.29 is 14.6 Å². The normalized spacial score (nSPS) is 20.3. The van der Waals surface area contributed by atoms with Crippen molar-refractivity contribution in [2.24, 2.45) is 0 Å². The number of carbonyl (C=O) groups excluding carboxylic acids is 1. The van der Waals surface area contributed by atoms with Gasteiger partial charge in [-0.15, -0.1) is 0 Å². The highest BCUT2D eigenvalue weighted by molar-refractivity contribution is 6.01. The van der Waals surface area contributed by atoms with E-state index in [1.165, 1.54) is 11.1 Å². The van der Waals surface area contributed by atoms with Crippen molar-refractivity contribution in [1.82, 2.24) is 4.90 Å². The van der Waals surface area contributed by atoms with Crippen LogP contribution >= 0.6 is 0 Å². The zero-order valence-electron chi connectivity index (χ0n) is 11.6. The van der Waals surface area contributed by atoms with Crippen LogP contribution in [0.2, 0.25) is 0 Å². The summed E-state index contributed by atoms with van der Waals surface area (Å²) in [4.78, 5) is 13.7. The van der Waals surface area contributed by atoms with E-state index in [2.05, 4.69) is 6.58 Å². The van der Waals surface area contributed by atoms with E-state index in [0.29, 0.717) is 22.4 Å². The number of fused-ring (bicyclic) bond motifs is 1. The Morgan fingerprint density at radius 3 is 2.48 bits per heavy atom. The SMILES string of the molecule is C=CN1C(=O)c2ccccc2C1(O)c1ccc(OC)cc1. The maximum atomic E-state index is 12.4. The fourth-order valence-electron chi connectivity index (χ4n) is 2.71. The first-order valence-corrected chi connectivity index (χ1v) is 6.55. The number of hydrogen-bond acceptors (Lipinski definition) is 3. The van der Waals surface area contributed by atoms with Gasteiger partial charge in [-0.25, -0.2) is 0 Å². The Bertz CT molecular complexity index is 708. The van der Waals surface area contributed by atoms with Crippen molar-refractivity contribution in [2.45, 2.75) is 5.72 Å². The molecule has 1 atom stereocenters. The van der Waals surface area contributed by atoms with E-state index in [1.807, 2.05) is 0 Å². The Hall–Kier alpha value is -2.59. The van der Waals surface area contributed by atoms with Crippen LogP contribution in [0.4, 0.5) is 0 Å². The molecular formula is C17H15NO3. The number of benzene rings is 2. The molecule has 3 rings (SSSR count). The molecule has 0 aliphatic carbocycles. The molecule has 1 N–H and O–H groups in total. The molecule has 0 saturated heterocycles. The Kier molecular flexibility index (Phi) is 3.03. The quantitative estimate of drug-likeness (QED) is 0.940. The minimum Gasteiger partial charge on any atom is -0.497 e. The molecule has 0 fully saturated rings. The Morgan fingerprint density at radius 1 is 1.19 bits per heavy atom. The van der Waals surface area contributed by atoms with Gasteiger partial charge in [-0.2, -0.15) is 0 Å². The van der Waals surface area contributed by atoms with Crippen molar-refractivity contribution >= 4 is 5.91 Å². The van der Waals surface area contributed by atoms with E-state index in [0.717, 1.165) is 0 Å². The molecule has 0 saturated carbocycles. The van der Waals surface area contributed by atoms with Gasteiger partial charge in [0.2, 0.25) is 0 Å². The molecule has 4 nitrogen and oxygen atoms in total. The third-order valence-corrected chi connectivity index (χ3v) is 3.78. The monoisotopic (exact) mass is 281 g/mol. The Labute approximate surface area is 122 Å². The number of hydrogen-bond donors (Lipinski definition) is 1. The summed E-state index contributed by atoms with van der Waals surface area (Å²) in [5, 5.41) is 11.2. The molecule has 21 heavy (non-hydrogen) atoms. The molecule has 0 spiro atoms. The highest BCUT2D eigenvalue weighted by Crippen LogP contribution is 2.42. The standard InChI is InChI=1S/C17H15NO3/c1-3-18-16(19)14-6-4-5-7-15(14)17(18,20)12-8-10-13(21-2)11-9-12/h3-11,20H,1H2,2H3. The average Bonchev–Trinajstić information content (AvgIpc) is 2.76. The topological polar surface area (TPSA) is 49.8 Å². The molecule has 1 heterocycles. The van der Waals surface area contributed by atoms with E-state index in [9.17, 15) is 9.90 Å². The lowest BCUT2D eigenvalue weighted by molar-refractivity contribution is -0.0257. The average molecular weight is 281 g/mol. The number of carbonyl (C=O) groups is 1. The lowest BCUT2D eigenvalue weighted by Gasteiger charge is -2.32. The summed E-state index contributed by atoms with van der Waals surface area (Å²) in [5.41, 5.74) is 0.0825. The summed E-state index contributed by atoms with van der Waals surface area (Å²) in [6.07, 6.45) is 1.35. The second kappa shape index (κ2) is 4.75. The number of ether oxygens (including phenoxy) is 1. The van der Waals surface area contributed by atoms with Crippen LogP contribution in [0.25, 0.3) is 0 Å². The van der Waals surface area contributed by atoms with Gasteiger partial charge in [0.25, 0.3) is 5.91 Å². The summed E-state index contributed by atoms with van der Waals surface area (Å²) in [7, 11) is 1.58. The van der Waals surface area contributed by atoms with Gasteiger partial charge in [-0.1, -0.05) is 36.9 Å². The lowest BCUT2D eigenvalue weighted by atomic mass is 9.94. The summed E-state index contributed by atoms with van der Waals surface area (Å²) in [5.74, 6) is 0.420. The molecule has 2 aromatic rings. The molecule has 0 radical (unpaired) electrons. The van der Waals surface area contributed by atoms with Gasteiger partial charge in [0.05, 0.1) is 7.11 Å². The summed E-state index contributed by atoms with van der Waals surface area (Å²) in [6.45, 7) is 3.65. The minimum absolute atomic E-state index is 0.265. The number of nitrogens with zero attached hydrogens (tertiary/aromatic N) is 1. The predicted molar refractivity (Wildman–Crippen MR) is 78.8 cm³/mol. The third kappa shape index (κ3) is 1.76. The van der Waals surface area contributed by atoms with E-state index in [1.54, 1.807) is 55.6 Å². The van der Waals surface area contributed by atoms with E-state index >= 15 is 0 Å². The van der Waals surface area contributed by atoms with Crippen LogP contribution in [0.15, 0.2) is 61.3 Å². The fraction of sp³-hybridized carbons (Fsp3) is 0.118. The Balaban J connectivity index is 2.21. The first-order chi connectivity index (χ1) is 10.1. The van der Waals surface area contributed by atoms with Crippen LogP contribution in [-0.4, -0.2) is 23.0 Å². The van der Waals surface area contributed by atoms with E-state index in [4.69, 9.17) is 4.74 Å². The molecule has 106 valence electrons. The third-order valence-electron chi connectivity index (χ3n) is 3.78. The van der Waals surface area contributed by atoms with Crippen LogP contribution in [0.5, 0.6) is 5.75 Å². The number of amides is 1. The molecule has 2 aromatic carbocycles. The van der Waals surface area contributed by atoms with Gasteiger partial charge >= 0.3 is 0 Å². The molecule has 1 aliphatic heterocycles. The van der Waals surface area contributed by atoms with Crippen molar-refractivity contribution in [3.05, 3.63) is 78.0 Å². The number of methoxy groups -OCH3 is 1. The zero-order valence-corrected chi connectivity index (χ0v) is 11.6. The molecule has 1 amide bonds. The van der Waals surface area contributed by atoms with Crippen LogP contribution in [0.3, 0.4) is 0 Å². The van der Waals surface area contributed by atoms with Crippen molar-refractivity contribution in [1.29, 1.82) is 0 Å². The number of aliphatic hydroxyl groups is 1. The van der Waals surface area contributed by atoms with Crippen molar-refractivity contribution in [2.75, 3.05) is 7.11 Å². The van der Waals surface area contributed by atoms with Gasteiger partial charge < -0.3 is 9.84 Å². The first kappa shape index (κ1) is 13.4. The molecular weight excluding hydrogens is 266 g/mol. The summed E-state index contributed by atoms with van der Waals surface area (Å²) >= 11 is 0. The molecule has 0 bridgehead atoms. The Morgan fingerprint density at radius 2 is 1.86 bits per heavy atom. The second-order valence-electron chi connectivity index (χ2n) is 4.80. The predicted octanol–water partition coefficient (Wildman–Crippen LogP) is 2.49. The van der Waals surface area contributed by atoms with Crippen LogP contribution in [-0.2, 0) is 5.72 Å². The van der Waals surface area contributed by atoms with Gasteiger partial charge in [0.15, 0.2) is 5.72 Å². The minimum atomic E-state index is -1.54. The maximum absolute atomic E-state index is 12.4. The largest absolute Gasteiger partial charge is 0.497 e. The van der Waals surface area contributed by atoms with Crippen molar-refractivity contribution in [3.8, 4) is 5.75 Å². The lowest BCUT2D eigenvalue weighted by Crippen LogP contribution is -2.40. The van der Waals surface area contributed by atoms with Crippen LogP contribution in [0.1, 0.15) is 21.5 Å². The smallest absolute Gasteiger partial charge is 0.261 e. The van der Waals surface area contributed by atoms with Crippen LogP contribution in [0, 0.1) is 0 Å². The maximum Gasteiger partial charge on any atom is 0.261 e. The fourth-order valence-corrected chi connectivity index (χ4v) is 2.71. The molecule has 1 aliphatic rings. The summed E-state index contributed by atoms with van der Waals surface area (Å²) in [6, 6.07) is 14.0. The molecule has 0 aromatic heterocycles. The number of rotatable bonds is 3. The van der Waals surface area contributed by atoms with E-state index in [-0.39, 0.29) is 5.91 Å². The first-order valence-electron chi connectivity index (χ1n) is 6.55.